The fraction of sp³-hybridized carbons (Fsp3) is 0.214. The van der Waals surface area contributed by atoms with E-state index in [9.17, 15) is 18.0 Å². The van der Waals surface area contributed by atoms with Crippen LogP contribution in [0.3, 0.4) is 0 Å². The minimum absolute atomic E-state index is 0.419. The summed E-state index contributed by atoms with van der Waals surface area (Å²) in [6.45, 7) is 0. The lowest BCUT2D eigenvalue weighted by molar-refractivity contribution is -0.137. The number of benzene rings is 1. The van der Waals surface area contributed by atoms with Crippen molar-refractivity contribution in [3.05, 3.63) is 52.4 Å². The van der Waals surface area contributed by atoms with E-state index in [0.717, 1.165) is 16.8 Å². The van der Waals surface area contributed by atoms with E-state index in [-0.39, 0.29) is 0 Å². The summed E-state index contributed by atoms with van der Waals surface area (Å²) in [7, 11) is 2.82. The molecule has 2 rings (SSSR count). The quantitative estimate of drug-likeness (QED) is 0.867. The maximum absolute atomic E-state index is 13.1. The van der Waals surface area contributed by atoms with Gasteiger partial charge < -0.3 is 15.2 Å². The Balaban J connectivity index is 2.64. The van der Waals surface area contributed by atoms with Crippen LogP contribution < -0.4 is 16.2 Å². The summed E-state index contributed by atoms with van der Waals surface area (Å²) in [5.74, 6) is 0. The van der Waals surface area contributed by atoms with E-state index in [1.165, 1.54) is 19.0 Å². The summed E-state index contributed by atoms with van der Waals surface area (Å²) in [6.07, 6.45) is -3.50. The molecule has 0 saturated carbocycles. The number of pyridine rings is 1. The Kier molecular flexibility index (Phi) is 3.67. The van der Waals surface area contributed by atoms with Crippen molar-refractivity contribution in [3.63, 3.8) is 0 Å². The first-order valence-corrected chi connectivity index (χ1v) is 6.08. The number of hydrogen-bond acceptors (Lipinski definition) is 3. The highest BCUT2D eigenvalue weighted by Gasteiger charge is 2.36. The van der Waals surface area contributed by atoms with Crippen LogP contribution in [0.1, 0.15) is 5.56 Å². The lowest BCUT2D eigenvalue weighted by Gasteiger charge is -2.23. The first kappa shape index (κ1) is 15.0. The standard InChI is InChI=1S/C14H14F3N3O/c1-19-8-7-11(14(15,16)17)12(13(19)21)20(2)10-5-3-9(18)4-6-10/h3-8H,18H2,1-2H3. The van der Waals surface area contributed by atoms with Gasteiger partial charge in [0.05, 0.1) is 5.56 Å². The largest absolute Gasteiger partial charge is 0.418 e. The van der Waals surface area contributed by atoms with E-state index >= 15 is 0 Å². The van der Waals surface area contributed by atoms with Gasteiger partial charge in [-0.15, -0.1) is 0 Å². The van der Waals surface area contributed by atoms with Crippen LogP contribution in [-0.4, -0.2) is 11.6 Å². The number of alkyl halides is 3. The smallest absolute Gasteiger partial charge is 0.399 e. The van der Waals surface area contributed by atoms with Crippen LogP contribution in [0.25, 0.3) is 0 Å². The molecule has 0 saturated heterocycles. The zero-order chi connectivity index (χ0) is 15.8. The van der Waals surface area contributed by atoms with Crippen LogP contribution in [0.4, 0.5) is 30.2 Å². The van der Waals surface area contributed by atoms with Gasteiger partial charge in [0, 0.05) is 31.7 Å². The lowest BCUT2D eigenvalue weighted by atomic mass is 10.1. The fourth-order valence-corrected chi connectivity index (χ4v) is 2.00. The number of rotatable bonds is 2. The number of halogens is 3. The maximum atomic E-state index is 13.1. The van der Waals surface area contributed by atoms with Crippen molar-refractivity contribution in [3.8, 4) is 0 Å². The molecule has 21 heavy (non-hydrogen) atoms. The Bertz CT molecular complexity index is 705. The van der Waals surface area contributed by atoms with Crippen molar-refractivity contribution in [2.75, 3.05) is 17.7 Å². The molecule has 1 aromatic carbocycles. The van der Waals surface area contributed by atoms with Crippen molar-refractivity contribution in [1.82, 2.24) is 4.57 Å². The molecule has 0 aliphatic rings. The van der Waals surface area contributed by atoms with Crippen LogP contribution in [0, 0.1) is 0 Å². The molecule has 0 fully saturated rings. The molecule has 0 aliphatic carbocycles. The predicted molar refractivity (Wildman–Crippen MR) is 75.6 cm³/mol. The molecule has 0 unspecified atom stereocenters. The normalized spacial score (nSPS) is 11.5. The number of nitrogens with two attached hydrogens (primary N) is 1. The van der Waals surface area contributed by atoms with Crippen molar-refractivity contribution in [1.29, 1.82) is 0 Å². The van der Waals surface area contributed by atoms with Crippen LogP contribution in [0.2, 0.25) is 0 Å². The van der Waals surface area contributed by atoms with Crippen molar-refractivity contribution in [2.24, 2.45) is 7.05 Å². The number of hydrogen-bond donors (Lipinski definition) is 1. The SMILES string of the molecule is CN(c1ccc(N)cc1)c1c(C(F)(F)F)ccn(C)c1=O. The summed E-state index contributed by atoms with van der Waals surface area (Å²) in [4.78, 5) is 13.3. The van der Waals surface area contributed by atoms with Crippen molar-refractivity contribution in [2.45, 2.75) is 6.18 Å². The summed E-state index contributed by atoms with van der Waals surface area (Å²) < 4.78 is 40.4. The van der Waals surface area contributed by atoms with Gasteiger partial charge in [0.25, 0.3) is 5.56 Å². The van der Waals surface area contributed by atoms with Crippen LogP contribution >= 0.6 is 0 Å². The van der Waals surface area contributed by atoms with Crippen molar-refractivity contribution < 1.29 is 13.2 Å². The van der Waals surface area contributed by atoms with Crippen LogP contribution in [0.15, 0.2) is 41.3 Å². The Morgan fingerprint density at radius 2 is 1.71 bits per heavy atom. The molecule has 0 aliphatic heterocycles. The van der Waals surface area contributed by atoms with E-state index in [2.05, 4.69) is 0 Å². The second-order valence-electron chi connectivity index (χ2n) is 4.64. The number of nitrogen functional groups attached to an aromatic ring is 1. The lowest BCUT2D eigenvalue weighted by Crippen LogP contribution is -2.29. The Morgan fingerprint density at radius 3 is 2.24 bits per heavy atom. The summed E-state index contributed by atoms with van der Waals surface area (Å²) in [5.41, 5.74) is 4.38. The molecule has 1 heterocycles. The van der Waals surface area contributed by atoms with Gasteiger partial charge in [-0.05, 0) is 30.3 Å². The van der Waals surface area contributed by atoms with Crippen LogP contribution in [-0.2, 0) is 13.2 Å². The topological polar surface area (TPSA) is 51.3 Å². The van der Waals surface area contributed by atoms with Gasteiger partial charge in [-0.1, -0.05) is 0 Å². The predicted octanol–water partition coefficient (Wildman–Crippen LogP) is 2.75. The highest BCUT2D eigenvalue weighted by molar-refractivity contribution is 5.66. The highest BCUT2D eigenvalue weighted by atomic mass is 19.4. The monoisotopic (exact) mass is 297 g/mol. The van der Waals surface area contributed by atoms with Crippen molar-refractivity contribution >= 4 is 17.1 Å². The first-order chi connectivity index (χ1) is 9.71. The molecule has 2 aromatic rings. The molecule has 0 atom stereocenters. The number of anilines is 3. The van der Waals surface area contributed by atoms with Gasteiger partial charge in [-0.2, -0.15) is 13.2 Å². The molecule has 7 heteroatoms. The minimum Gasteiger partial charge on any atom is -0.399 e. The molecule has 112 valence electrons. The summed E-state index contributed by atoms with van der Waals surface area (Å²) in [5, 5.41) is 0. The van der Waals surface area contributed by atoms with E-state index in [0.29, 0.717) is 11.4 Å². The van der Waals surface area contributed by atoms with E-state index < -0.39 is 23.0 Å². The molecule has 0 spiro atoms. The molecule has 0 radical (unpaired) electrons. The van der Waals surface area contributed by atoms with Gasteiger partial charge in [-0.3, -0.25) is 4.79 Å². The van der Waals surface area contributed by atoms with Gasteiger partial charge >= 0.3 is 6.18 Å². The number of aryl methyl sites for hydroxylation is 1. The van der Waals surface area contributed by atoms with E-state index in [1.807, 2.05) is 0 Å². The zero-order valence-electron chi connectivity index (χ0n) is 11.5. The number of aromatic nitrogens is 1. The molecule has 4 nitrogen and oxygen atoms in total. The Hall–Kier alpha value is -2.44. The third-order valence-electron chi connectivity index (χ3n) is 3.16. The molecule has 0 bridgehead atoms. The second kappa shape index (κ2) is 5.16. The first-order valence-electron chi connectivity index (χ1n) is 6.08. The molecule has 2 N–H and O–H groups in total. The third kappa shape index (κ3) is 2.86. The maximum Gasteiger partial charge on any atom is 0.418 e. The minimum atomic E-state index is -4.61. The fourth-order valence-electron chi connectivity index (χ4n) is 2.00. The Labute approximate surface area is 119 Å². The summed E-state index contributed by atoms with van der Waals surface area (Å²) >= 11 is 0. The van der Waals surface area contributed by atoms with E-state index in [4.69, 9.17) is 5.73 Å². The average molecular weight is 297 g/mol. The Morgan fingerprint density at radius 1 is 1.14 bits per heavy atom. The molecule has 1 aromatic heterocycles. The van der Waals surface area contributed by atoms with Crippen LogP contribution in [0.5, 0.6) is 0 Å². The molecule has 0 amide bonds. The molecular formula is C14H14F3N3O. The van der Waals surface area contributed by atoms with Gasteiger partial charge in [0.2, 0.25) is 0 Å². The van der Waals surface area contributed by atoms with E-state index in [1.54, 1.807) is 24.3 Å². The highest BCUT2D eigenvalue weighted by Crippen LogP contribution is 2.36. The number of nitrogens with zero attached hydrogens (tertiary/aromatic N) is 2. The van der Waals surface area contributed by atoms with Gasteiger partial charge in [-0.25, -0.2) is 0 Å². The second-order valence-corrected chi connectivity index (χ2v) is 4.64. The van der Waals surface area contributed by atoms with Gasteiger partial charge in [0.1, 0.15) is 5.69 Å². The zero-order valence-corrected chi connectivity index (χ0v) is 11.5. The summed E-state index contributed by atoms with van der Waals surface area (Å²) in [6, 6.07) is 7.13. The molecular weight excluding hydrogens is 283 g/mol. The average Bonchev–Trinajstić information content (AvgIpc) is 2.40. The third-order valence-corrected chi connectivity index (χ3v) is 3.16. The van der Waals surface area contributed by atoms with Gasteiger partial charge in [0.15, 0.2) is 0 Å².